The van der Waals surface area contributed by atoms with Gasteiger partial charge in [0.05, 0.1) is 11.7 Å². The van der Waals surface area contributed by atoms with E-state index in [0.29, 0.717) is 5.57 Å². The predicted octanol–water partition coefficient (Wildman–Crippen LogP) is -5.94. The molecule has 190 valence electrons. The molecule has 2 aromatic heterocycles. The number of H-pyrrole nitrogens is 1. The third-order valence-electron chi connectivity index (χ3n) is 5.01. The number of carboxylic acids is 1. The van der Waals surface area contributed by atoms with Gasteiger partial charge < -0.3 is 25.8 Å². The zero-order valence-electron chi connectivity index (χ0n) is 19.5. The van der Waals surface area contributed by atoms with E-state index in [9.17, 15) is 29.1 Å². The normalized spacial score (nSPS) is 19.0. The average Bonchev–Trinajstić information content (AvgIpc) is 3.27. The minimum absolute atomic E-state index is 0. The molecule has 19 heteroatoms. The van der Waals surface area contributed by atoms with E-state index < -0.39 is 40.3 Å². The Balaban J connectivity index is 0.00000380. The van der Waals surface area contributed by atoms with Gasteiger partial charge in [-0.1, -0.05) is 16.9 Å². The molecule has 2 aromatic rings. The van der Waals surface area contributed by atoms with Crippen LogP contribution in [0.5, 0.6) is 0 Å². The van der Waals surface area contributed by atoms with Crippen molar-refractivity contribution >= 4 is 63.5 Å². The van der Waals surface area contributed by atoms with Crippen LogP contribution in [-0.2, 0) is 26.3 Å². The number of aromatic amines is 1. The predicted molar refractivity (Wildman–Crippen MR) is 128 cm³/mol. The van der Waals surface area contributed by atoms with Crippen LogP contribution in [0.3, 0.4) is 0 Å². The first-order valence-electron chi connectivity index (χ1n) is 9.94. The first kappa shape index (κ1) is 28.9. The second-order valence-electron chi connectivity index (χ2n) is 7.28. The number of anilines is 1. The summed E-state index contributed by atoms with van der Waals surface area (Å²) >= 11 is 3.35. The van der Waals surface area contributed by atoms with E-state index in [-0.39, 0.29) is 68.5 Å². The van der Waals surface area contributed by atoms with Gasteiger partial charge >= 0.3 is 40.7 Å². The van der Waals surface area contributed by atoms with Crippen LogP contribution in [0.15, 0.2) is 36.6 Å². The summed E-state index contributed by atoms with van der Waals surface area (Å²) in [5, 5.41) is 21.6. The number of fused-ring (bicyclic) bond motifs is 1. The number of aliphatic carboxylic acids is 1. The molecule has 2 unspecified atom stereocenters. The molecule has 15 nitrogen and oxygen atoms in total. The topological polar surface area (TPSA) is 218 Å². The van der Waals surface area contributed by atoms with E-state index in [1.165, 1.54) is 36.0 Å². The SMILES string of the molecule is CO/N=C(\C(=O)NC1C(=O)N2C(C(=O)[O-])=C(CSc3nc(=O)c(=O)[nH]n3C)CSC12)c1csc(N)n1.[Na+]. The number of carboxylic acid groups (broad SMARTS) is 1. The number of β-lactam (4-membered cyclic amide) rings is 1. The van der Waals surface area contributed by atoms with E-state index in [2.05, 4.69) is 25.5 Å². The van der Waals surface area contributed by atoms with Crippen molar-refractivity contribution < 1.29 is 53.9 Å². The van der Waals surface area contributed by atoms with Crippen LogP contribution >= 0.6 is 34.9 Å². The van der Waals surface area contributed by atoms with Crippen molar-refractivity contribution in [3.63, 3.8) is 0 Å². The van der Waals surface area contributed by atoms with Gasteiger partial charge in [0.2, 0.25) is 0 Å². The molecular weight excluding hydrogens is 559 g/mol. The molecule has 0 bridgehead atoms. The Hall–Kier alpha value is -2.64. The van der Waals surface area contributed by atoms with Crippen LogP contribution in [0.2, 0.25) is 0 Å². The molecule has 0 aliphatic carbocycles. The van der Waals surface area contributed by atoms with E-state index in [0.717, 1.165) is 28.0 Å². The molecule has 4 N–H and O–H groups in total. The number of nitrogens with zero attached hydrogens (tertiary/aromatic N) is 5. The van der Waals surface area contributed by atoms with Gasteiger partial charge in [0.1, 0.15) is 24.2 Å². The standard InChI is InChI=1S/C18H18N8O7S3.Na/c1-25-18(22-12(28)13(29)23-25)36-4-6-3-34-15-9(14(30)26(15)10(6)16(31)32)21-11(27)8(24-33-2)7-5-35-17(19)20-7;/h5,9,15H,3-4H2,1-2H3,(H2,19,20)(H,21,27)(H,23,29)(H,31,32);/q;+1/p-1/b24-8-;. The number of thiazole rings is 1. The summed E-state index contributed by atoms with van der Waals surface area (Å²) in [7, 11) is 2.72. The van der Waals surface area contributed by atoms with Crippen LogP contribution in [0.1, 0.15) is 5.69 Å². The average molecular weight is 577 g/mol. The molecule has 37 heavy (non-hydrogen) atoms. The van der Waals surface area contributed by atoms with Crippen molar-refractivity contribution in [3.8, 4) is 0 Å². The number of hydrogen-bond acceptors (Lipinski definition) is 14. The van der Waals surface area contributed by atoms with Crippen LogP contribution < -0.4 is 56.8 Å². The Morgan fingerprint density at radius 3 is 2.73 bits per heavy atom. The van der Waals surface area contributed by atoms with Crippen LogP contribution in [0.25, 0.3) is 0 Å². The summed E-state index contributed by atoms with van der Waals surface area (Å²) in [6.45, 7) is 0. The number of aryl methyl sites for hydroxylation is 1. The number of rotatable bonds is 8. The number of nitrogen functional groups attached to an aromatic ring is 1. The van der Waals surface area contributed by atoms with Crippen LogP contribution in [0, 0.1) is 0 Å². The Labute approximate surface area is 242 Å². The number of nitrogens with one attached hydrogen (secondary N) is 2. The fraction of sp³-hybridized carbons (Fsp3) is 0.333. The number of hydrogen-bond donors (Lipinski definition) is 3. The minimum atomic E-state index is -1.56. The quantitative estimate of drug-likeness (QED) is 0.0668. The second-order valence-corrected chi connectivity index (χ2v) is 10.2. The molecule has 1 saturated heterocycles. The molecular formula is C18H17N8NaO7S3. The van der Waals surface area contributed by atoms with Crippen LogP contribution in [-0.4, -0.2) is 78.2 Å². The third-order valence-corrected chi connectivity index (χ3v) is 8.14. The Kier molecular flexibility index (Phi) is 9.24. The summed E-state index contributed by atoms with van der Waals surface area (Å²) in [6.07, 6.45) is 0. The van der Waals surface area contributed by atoms with Gasteiger partial charge in [-0.2, -0.15) is 4.98 Å². The van der Waals surface area contributed by atoms with Crippen molar-refractivity contribution in [2.45, 2.75) is 16.6 Å². The van der Waals surface area contributed by atoms with Crippen molar-refractivity contribution in [1.82, 2.24) is 30.0 Å². The van der Waals surface area contributed by atoms with Gasteiger partial charge in [-0.15, -0.1) is 23.1 Å². The summed E-state index contributed by atoms with van der Waals surface area (Å²) in [5.74, 6) is -2.68. The molecule has 0 spiro atoms. The molecule has 2 amide bonds. The van der Waals surface area contributed by atoms with E-state index in [4.69, 9.17) is 10.6 Å². The Bertz CT molecular complexity index is 1430. The number of oxime groups is 1. The largest absolute Gasteiger partial charge is 1.00 e. The first-order valence-corrected chi connectivity index (χ1v) is 12.8. The zero-order chi connectivity index (χ0) is 26.1. The maximum absolute atomic E-state index is 12.9. The summed E-state index contributed by atoms with van der Waals surface area (Å²) < 4.78 is 1.24. The van der Waals surface area contributed by atoms with Gasteiger partial charge in [-0.25, -0.2) is 4.98 Å². The fourth-order valence-electron chi connectivity index (χ4n) is 3.43. The molecule has 2 atom stereocenters. The number of carbonyl (C=O) groups is 3. The number of thioether (sulfide) groups is 2. The number of carbonyl (C=O) groups excluding carboxylic acids is 3. The van der Waals surface area contributed by atoms with Gasteiger partial charge in [0.25, 0.3) is 11.8 Å². The monoisotopic (exact) mass is 576 g/mol. The minimum Gasteiger partial charge on any atom is -0.543 e. The fourth-order valence-corrected chi connectivity index (χ4v) is 6.38. The molecule has 2 aliphatic heterocycles. The molecule has 0 aromatic carbocycles. The van der Waals surface area contributed by atoms with Crippen molar-refractivity contribution in [2.24, 2.45) is 12.2 Å². The molecule has 4 heterocycles. The number of amides is 2. The third kappa shape index (κ3) is 5.78. The summed E-state index contributed by atoms with van der Waals surface area (Å²) in [5.41, 5.74) is 3.77. The van der Waals surface area contributed by atoms with E-state index in [1.54, 1.807) is 0 Å². The molecule has 1 fully saturated rings. The maximum atomic E-state index is 12.9. The van der Waals surface area contributed by atoms with E-state index in [1.807, 2.05) is 0 Å². The van der Waals surface area contributed by atoms with E-state index >= 15 is 0 Å². The smallest absolute Gasteiger partial charge is 0.543 e. The molecule has 0 radical (unpaired) electrons. The van der Waals surface area contributed by atoms with Gasteiger partial charge in [-0.3, -0.25) is 33.9 Å². The van der Waals surface area contributed by atoms with Crippen molar-refractivity contribution in [3.05, 3.63) is 43.1 Å². The maximum Gasteiger partial charge on any atom is 1.00 e. The summed E-state index contributed by atoms with van der Waals surface area (Å²) in [4.78, 5) is 74.0. The molecule has 0 saturated carbocycles. The van der Waals surface area contributed by atoms with Crippen molar-refractivity contribution in [2.75, 3.05) is 24.3 Å². The Morgan fingerprint density at radius 2 is 2.11 bits per heavy atom. The zero-order valence-corrected chi connectivity index (χ0v) is 24.0. The number of aromatic nitrogens is 4. The first-order chi connectivity index (χ1) is 17.1. The molecule has 4 rings (SSSR count). The van der Waals surface area contributed by atoms with Gasteiger partial charge in [0.15, 0.2) is 16.0 Å². The van der Waals surface area contributed by atoms with Gasteiger partial charge in [-0.05, 0) is 5.57 Å². The molecule has 2 aliphatic rings. The second kappa shape index (κ2) is 11.8. The summed E-state index contributed by atoms with van der Waals surface area (Å²) in [6, 6.07) is -1.02. The van der Waals surface area contributed by atoms with Crippen LogP contribution in [0.4, 0.5) is 5.13 Å². The van der Waals surface area contributed by atoms with Crippen molar-refractivity contribution in [1.29, 1.82) is 0 Å². The Morgan fingerprint density at radius 1 is 1.38 bits per heavy atom. The van der Waals surface area contributed by atoms with Gasteiger partial charge in [0, 0.05) is 23.9 Å². The number of nitrogens with two attached hydrogens (primary N) is 1.